The van der Waals surface area contributed by atoms with Crippen molar-refractivity contribution >= 4 is 11.8 Å². The average molecular weight is 255 g/mol. The monoisotopic (exact) mass is 255 g/mol. The Bertz CT molecular complexity index is 334. The van der Waals surface area contributed by atoms with Crippen molar-refractivity contribution in [3.63, 3.8) is 0 Å². The molecule has 1 N–H and O–H groups in total. The summed E-state index contributed by atoms with van der Waals surface area (Å²) in [7, 11) is 0. The van der Waals surface area contributed by atoms with Crippen molar-refractivity contribution in [2.24, 2.45) is 5.92 Å². The van der Waals surface area contributed by atoms with E-state index in [4.69, 9.17) is 4.52 Å². The SMILES string of the molecule is CC(C)NCc1noc(CC2CCSCC2)n1. The largest absolute Gasteiger partial charge is 0.339 e. The van der Waals surface area contributed by atoms with Crippen LogP contribution < -0.4 is 5.32 Å². The zero-order valence-electron chi connectivity index (χ0n) is 10.6. The van der Waals surface area contributed by atoms with Crippen LogP contribution in [0.25, 0.3) is 0 Å². The smallest absolute Gasteiger partial charge is 0.226 e. The average Bonchev–Trinajstić information content (AvgIpc) is 2.75. The van der Waals surface area contributed by atoms with E-state index in [1.807, 2.05) is 11.8 Å². The molecule has 0 bridgehead atoms. The molecule has 2 rings (SSSR count). The minimum atomic E-state index is 0.451. The molecule has 96 valence electrons. The van der Waals surface area contributed by atoms with E-state index in [2.05, 4.69) is 29.3 Å². The van der Waals surface area contributed by atoms with Crippen LogP contribution in [0.5, 0.6) is 0 Å². The van der Waals surface area contributed by atoms with Gasteiger partial charge in [0.2, 0.25) is 5.89 Å². The number of hydrogen-bond acceptors (Lipinski definition) is 5. The van der Waals surface area contributed by atoms with Crippen molar-refractivity contribution in [1.82, 2.24) is 15.5 Å². The summed E-state index contributed by atoms with van der Waals surface area (Å²) in [5.41, 5.74) is 0. The Morgan fingerprint density at radius 1 is 1.41 bits per heavy atom. The first-order valence-electron chi connectivity index (χ1n) is 6.36. The number of nitrogens with one attached hydrogen (secondary N) is 1. The molecule has 1 aromatic rings. The van der Waals surface area contributed by atoms with Gasteiger partial charge in [0.05, 0.1) is 6.54 Å². The summed E-state index contributed by atoms with van der Waals surface area (Å²) in [4.78, 5) is 4.43. The van der Waals surface area contributed by atoms with Crippen molar-refractivity contribution in [1.29, 1.82) is 0 Å². The predicted octanol–water partition coefficient (Wildman–Crippen LogP) is 2.25. The van der Waals surface area contributed by atoms with Crippen LogP contribution in [-0.2, 0) is 13.0 Å². The van der Waals surface area contributed by atoms with Gasteiger partial charge in [0.1, 0.15) is 0 Å². The zero-order chi connectivity index (χ0) is 12.1. The quantitative estimate of drug-likeness (QED) is 0.874. The third kappa shape index (κ3) is 4.32. The summed E-state index contributed by atoms with van der Waals surface area (Å²) in [5.74, 6) is 4.88. The zero-order valence-corrected chi connectivity index (χ0v) is 11.4. The molecule has 0 spiro atoms. The number of thioether (sulfide) groups is 1. The van der Waals surface area contributed by atoms with Crippen LogP contribution in [0.3, 0.4) is 0 Å². The van der Waals surface area contributed by atoms with E-state index in [1.54, 1.807) is 0 Å². The van der Waals surface area contributed by atoms with Crippen molar-refractivity contribution in [2.45, 2.75) is 45.7 Å². The Hall–Kier alpha value is -0.550. The van der Waals surface area contributed by atoms with Crippen LogP contribution in [0.4, 0.5) is 0 Å². The fourth-order valence-corrected chi connectivity index (χ4v) is 3.14. The van der Waals surface area contributed by atoms with Gasteiger partial charge in [0.25, 0.3) is 0 Å². The van der Waals surface area contributed by atoms with Gasteiger partial charge in [-0.05, 0) is 30.3 Å². The molecular formula is C12H21N3OS. The van der Waals surface area contributed by atoms with Crippen molar-refractivity contribution in [2.75, 3.05) is 11.5 Å². The van der Waals surface area contributed by atoms with Gasteiger partial charge in [-0.15, -0.1) is 0 Å². The molecule has 17 heavy (non-hydrogen) atoms. The van der Waals surface area contributed by atoms with Gasteiger partial charge in [0.15, 0.2) is 5.82 Å². The summed E-state index contributed by atoms with van der Waals surface area (Å²) in [6, 6.07) is 0.451. The van der Waals surface area contributed by atoms with E-state index in [0.717, 1.165) is 24.1 Å². The van der Waals surface area contributed by atoms with Gasteiger partial charge in [-0.2, -0.15) is 16.7 Å². The lowest BCUT2D eigenvalue weighted by Crippen LogP contribution is -2.22. The molecule has 1 fully saturated rings. The molecule has 4 nitrogen and oxygen atoms in total. The molecule has 0 aliphatic carbocycles. The van der Waals surface area contributed by atoms with Gasteiger partial charge in [-0.3, -0.25) is 0 Å². The molecule has 1 saturated heterocycles. The van der Waals surface area contributed by atoms with Crippen LogP contribution in [0, 0.1) is 5.92 Å². The number of hydrogen-bond donors (Lipinski definition) is 1. The molecule has 2 heterocycles. The maximum absolute atomic E-state index is 5.29. The highest BCUT2D eigenvalue weighted by molar-refractivity contribution is 7.99. The second-order valence-corrected chi connectivity index (χ2v) is 6.12. The lowest BCUT2D eigenvalue weighted by Gasteiger charge is -2.19. The molecule has 0 unspecified atom stereocenters. The lowest BCUT2D eigenvalue weighted by molar-refractivity contribution is 0.340. The minimum absolute atomic E-state index is 0.451. The Kier molecular flexibility index (Phi) is 4.86. The predicted molar refractivity (Wildman–Crippen MR) is 70.0 cm³/mol. The molecule has 5 heteroatoms. The van der Waals surface area contributed by atoms with Gasteiger partial charge >= 0.3 is 0 Å². The van der Waals surface area contributed by atoms with E-state index >= 15 is 0 Å². The fraction of sp³-hybridized carbons (Fsp3) is 0.833. The summed E-state index contributed by atoms with van der Waals surface area (Å²) in [6.07, 6.45) is 3.52. The third-order valence-corrected chi connectivity index (χ3v) is 4.03. The highest BCUT2D eigenvalue weighted by Gasteiger charge is 2.17. The molecule has 1 aliphatic heterocycles. The van der Waals surface area contributed by atoms with E-state index in [0.29, 0.717) is 12.6 Å². The highest BCUT2D eigenvalue weighted by atomic mass is 32.2. The van der Waals surface area contributed by atoms with Gasteiger partial charge in [-0.25, -0.2) is 0 Å². The first-order chi connectivity index (χ1) is 8.24. The summed E-state index contributed by atoms with van der Waals surface area (Å²) >= 11 is 2.05. The summed E-state index contributed by atoms with van der Waals surface area (Å²) in [6.45, 7) is 4.92. The van der Waals surface area contributed by atoms with Crippen LogP contribution in [0.1, 0.15) is 38.4 Å². The summed E-state index contributed by atoms with van der Waals surface area (Å²) in [5, 5.41) is 7.29. The molecule has 0 saturated carbocycles. The first kappa shape index (κ1) is 12.9. The lowest BCUT2D eigenvalue weighted by atomic mass is 9.99. The number of rotatable bonds is 5. The Labute approximate surface area is 107 Å². The van der Waals surface area contributed by atoms with Crippen LogP contribution in [-0.4, -0.2) is 27.7 Å². The Morgan fingerprint density at radius 2 is 2.18 bits per heavy atom. The van der Waals surface area contributed by atoms with Crippen LogP contribution in [0.15, 0.2) is 4.52 Å². The number of nitrogens with zero attached hydrogens (tertiary/aromatic N) is 2. The summed E-state index contributed by atoms with van der Waals surface area (Å²) < 4.78 is 5.29. The van der Waals surface area contributed by atoms with Gasteiger partial charge < -0.3 is 9.84 Å². The standard InChI is InChI=1S/C12H21N3OS/c1-9(2)13-8-11-14-12(16-15-11)7-10-3-5-17-6-4-10/h9-10,13H,3-8H2,1-2H3. The van der Waals surface area contributed by atoms with Crippen molar-refractivity contribution in [3.05, 3.63) is 11.7 Å². The second-order valence-electron chi connectivity index (χ2n) is 4.90. The van der Waals surface area contributed by atoms with Gasteiger partial charge in [0, 0.05) is 12.5 Å². The number of aromatic nitrogens is 2. The van der Waals surface area contributed by atoms with E-state index in [-0.39, 0.29) is 0 Å². The van der Waals surface area contributed by atoms with Crippen molar-refractivity contribution in [3.8, 4) is 0 Å². The first-order valence-corrected chi connectivity index (χ1v) is 7.52. The molecule has 0 atom stereocenters. The molecular weight excluding hydrogens is 234 g/mol. The Balaban J connectivity index is 1.80. The molecule has 1 aromatic heterocycles. The highest BCUT2D eigenvalue weighted by Crippen LogP contribution is 2.25. The molecule has 0 radical (unpaired) electrons. The van der Waals surface area contributed by atoms with Crippen LogP contribution in [0.2, 0.25) is 0 Å². The molecule has 0 aromatic carbocycles. The normalized spacial score (nSPS) is 17.8. The third-order valence-electron chi connectivity index (χ3n) is 2.98. The van der Waals surface area contributed by atoms with Crippen LogP contribution >= 0.6 is 11.8 Å². The fourth-order valence-electron chi connectivity index (χ4n) is 1.94. The van der Waals surface area contributed by atoms with Crippen molar-refractivity contribution < 1.29 is 4.52 Å². The van der Waals surface area contributed by atoms with E-state index in [9.17, 15) is 0 Å². The topological polar surface area (TPSA) is 51.0 Å². The maximum Gasteiger partial charge on any atom is 0.226 e. The molecule has 1 aliphatic rings. The van der Waals surface area contributed by atoms with E-state index in [1.165, 1.54) is 24.3 Å². The second kappa shape index (κ2) is 6.40. The Morgan fingerprint density at radius 3 is 2.88 bits per heavy atom. The maximum atomic E-state index is 5.29. The van der Waals surface area contributed by atoms with E-state index < -0.39 is 0 Å². The molecule has 0 amide bonds. The van der Waals surface area contributed by atoms with Gasteiger partial charge in [-0.1, -0.05) is 19.0 Å². The minimum Gasteiger partial charge on any atom is -0.339 e.